The summed E-state index contributed by atoms with van der Waals surface area (Å²) in [6, 6.07) is 5.76. The molecule has 2 aliphatic rings. The molecule has 0 unspecified atom stereocenters. The summed E-state index contributed by atoms with van der Waals surface area (Å²) in [7, 11) is 1.60. The molecule has 1 amide bonds. The summed E-state index contributed by atoms with van der Waals surface area (Å²) in [5.74, 6) is 4.30. The van der Waals surface area contributed by atoms with Crippen LogP contribution >= 0.6 is 11.3 Å². The molecule has 1 saturated heterocycles. The molecule has 2 aromatic rings. The van der Waals surface area contributed by atoms with Crippen molar-refractivity contribution in [3.05, 3.63) is 28.6 Å². The molecule has 1 fully saturated rings. The van der Waals surface area contributed by atoms with Crippen molar-refractivity contribution >= 4 is 28.2 Å². The molecule has 0 saturated carbocycles. The van der Waals surface area contributed by atoms with Gasteiger partial charge in [-0.3, -0.25) is 4.79 Å². The Morgan fingerprint density at radius 3 is 2.89 bits per heavy atom. The first-order valence-corrected chi connectivity index (χ1v) is 10.3. The van der Waals surface area contributed by atoms with Gasteiger partial charge in [0.15, 0.2) is 16.6 Å². The Labute approximate surface area is 168 Å². The molecule has 3 heterocycles. The number of carbonyl (C=O) groups is 1. The van der Waals surface area contributed by atoms with Gasteiger partial charge in [-0.15, -0.1) is 6.42 Å². The van der Waals surface area contributed by atoms with Crippen LogP contribution in [0.15, 0.2) is 18.2 Å². The van der Waals surface area contributed by atoms with Gasteiger partial charge in [-0.05, 0) is 37.0 Å². The number of terminal acetylenes is 1. The lowest BCUT2D eigenvalue weighted by molar-refractivity contribution is -0.116. The number of piperidine rings is 1. The molecule has 2 aliphatic heterocycles. The summed E-state index contributed by atoms with van der Waals surface area (Å²) in [5.41, 5.74) is 0.998. The summed E-state index contributed by atoms with van der Waals surface area (Å²) in [6.07, 6.45) is 9.36. The Morgan fingerprint density at radius 1 is 1.32 bits per heavy atom. The first-order valence-electron chi connectivity index (χ1n) is 9.49. The van der Waals surface area contributed by atoms with Crippen molar-refractivity contribution in [3.63, 3.8) is 0 Å². The quantitative estimate of drug-likeness (QED) is 0.781. The average molecular weight is 398 g/mol. The highest BCUT2D eigenvalue weighted by Gasteiger charge is 2.32. The highest BCUT2D eigenvalue weighted by molar-refractivity contribution is 7.16. The van der Waals surface area contributed by atoms with Gasteiger partial charge >= 0.3 is 0 Å². The van der Waals surface area contributed by atoms with Crippen LogP contribution in [0.4, 0.5) is 10.9 Å². The van der Waals surface area contributed by atoms with Crippen LogP contribution in [0.5, 0.6) is 11.5 Å². The maximum Gasteiger partial charge on any atom is 0.226 e. The predicted octanol–water partition coefficient (Wildman–Crippen LogP) is 3.63. The van der Waals surface area contributed by atoms with Crippen LogP contribution in [-0.2, 0) is 4.79 Å². The minimum atomic E-state index is -0.0566. The number of rotatable bonds is 5. The van der Waals surface area contributed by atoms with Crippen molar-refractivity contribution in [3.8, 4) is 23.8 Å². The lowest BCUT2D eigenvalue weighted by Crippen LogP contribution is -2.29. The summed E-state index contributed by atoms with van der Waals surface area (Å²) in [6.45, 7) is 2.21. The van der Waals surface area contributed by atoms with E-state index in [1.54, 1.807) is 18.4 Å². The van der Waals surface area contributed by atoms with Crippen molar-refractivity contribution in [1.82, 2.24) is 4.98 Å². The van der Waals surface area contributed by atoms with Gasteiger partial charge in [0.1, 0.15) is 12.4 Å². The highest BCUT2D eigenvalue weighted by atomic mass is 32.1. The van der Waals surface area contributed by atoms with Crippen LogP contribution in [0, 0.1) is 12.3 Å². The molecule has 7 heteroatoms. The Kier molecular flexibility index (Phi) is 5.40. The van der Waals surface area contributed by atoms with Crippen molar-refractivity contribution < 1.29 is 14.3 Å². The zero-order chi connectivity index (χ0) is 19.5. The van der Waals surface area contributed by atoms with Gasteiger partial charge in [-0.2, -0.15) is 0 Å². The van der Waals surface area contributed by atoms with Gasteiger partial charge in [-0.25, -0.2) is 4.98 Å². The number of fused-ring (bicyclic) bond motifs is 1. The Balaban J connectivity index is 1.68. The average Bonchev–Trinajstić information content (AvgIpc) is 3.16. The van der Waals surface area contributed by atoms with E-state index in [-0.39, 0.29) is 18.4 Å². The largest absolute Gasteiger partial charge is 0.493 e. The van der Waals surface area contributed by atoms with E-state index in [1.807, 2.05) is 18.2 Å². The topological polar surface area (TPSA) is 63.7 Å². The number of benzene rings is 1. The molecule has 1 aromatic heterocycles. The number of nitrogens with zero attached hydrogens (tertiary/aromatic N) is 2. The predicted molar refractivity (Wildman–Crippen MR) is 111 cm³/mol. The molecular formula is C21H23N3O3S. The van der Waals surface area contributed by atoms with E-state index < -0.39 is 0 Å². The third kappa shape index (κ3) is 3.65. The fourth-order valence-corrected chi connectivity index (χ4v) is 4.94. The fraction of sp³-hybridized carbons (Fsp3) is 0.429. The molecule has 0 aliphatic carbocycles. The lowest BCUT2D eigenvalue weighted by Gasteiger charge is -2.25. The Morgan fingerprint density at radius 2 is 2.14 bits per heavy atom. The monoisotopic (exact) mass is 397 g/mol. The van der Waals surface area contributed by atoms with Gasteiger partial charge in [0.2, 0.25) is 5.91 Å². The second kappa shape index (κ2) is 8.11. The third-order valence-electron chi connectivity index (χ3n) is 5.13. The van der Waals surface area contributed by atoms with Crippen molar-refractivity contribution in [2.45, 2.75) is 31.6 Å². The molecule has 28 heavy (non-hydrogen) atoms. The summed E-state index contributed by atoms with van der Waals surface area (Å²) in [4.78, 5) is 20.5. The second-order valence-corrected chi connectivity index (χ2v) is 7.97. The van der Waals surface area contributed by atoms with Gasteiger partial charge in [-0.1, -0.05) is 23.3 Å². The minimum absolute atomic E-state index is 0.0186. The van der Waals surface area contributed by atoms with E-state index in [9.17, 15) is 4.79 Å². The van der Waals surface area contributed by atoms with E-state index in [0.29, 0.717) is 23.7 Å². The Hall–Kier alpha value is -2.72. The van der Waals surface area contributed by atoms with E-state index in [2.05, 4.69) is 16.1 Å². The van der Waals surface area contributed by atoms with Crippen molar-refractivity contribution in [2.24, 2.45) is 0 Å². The molecule has 6 nitrogen and oxygen atoms in total. The lowest BCUT2D eigenvalue weighted by atomic mass is 9.91. The SMILES string of the molecule is C#CCOc1cc([C@@H]2CC(=O)Nc3nc(N4CCCCC4)sc32)ccc1OC. The molecule has 0 spiro atoms. The number of hydrogen-bond acceptors (Lipinski definition) is 6. The third-order valence-corrected chi connectivity index (χ3v) is 6.36. The van der Waals surface area contributed by atoms with Gasteiger partial charge in [0.05, 0.1) is 12.0 Å². The molecule has 146 valence electrons. The molecule has 1 atom stereocenters. The van der Waals surface area contributed by atoms with E-state index in [0.717, 1.165) is 28.7 Å². The van der Waals surface area contributed by atoms with Crippen LogP contribution in [0.2, 0.25) is 0 Å². The second-order valence-electron chi connectivity index (χ2n) is 6.96. The maximum absolute atomic E-state index is 12.3. The van der Waals surface area contributed by atoms with Gasteiger partial charge < -0.3 is 19.7 Å². The van der Waals surface area contributed by atoms with E-state index >= 15 is 0 Å². The van der Waals surface area contributed by atoms with Crippen molar-refractivity contribution in [1.29, 1.82) is 0 Å². The highest BCUT2D eigenvalue weighted by Crippen LogP contribution is 2.45. The van der Waals surface area contributed by atoms with Gasteiger partial charge in [0, 0.05) is 25.4 Å². The molecule has 0 radical (unpaired) electrons. The number of methoxy groups -OCH3 is 1. The number of anilines is 2. The summed E-state index contributed by atoms with van der Waals surface area (Å²) >= 11 is 1.68. The van der Waals surface area contributed by atoms with Crippen LogP contribution < -0.4 is 19.7 Å². The van der Waals surface area contributed by atoms with Gasteiger partial charge in [0.25, 0.3) is 0 Å². The zero-order valence-electron chi connectivity index (χ0n) is 15.9. The minimum Gasteiger partial charge on any atom is -0.493 e. The number of amides is 1. The molecule has 1 aromatic carbocycles. The van der Waals surface area contributed by atoms with E-state index in [4.69, 9.17) is 20.9 Å². The van der Waals surface area contributed by atoms with Crippen LogP contribution in [-0.4, -0.2) is 37.7 Å². The number of aromatic nitrogens is 1. The fourth-order valence-electron chi connectivity index (χ4n) is 3.74. The number of thiazole rings is 1. The first-order chi connectivity index (χ1) is 13.7. The van der Waals surface area contributed by atoms with Crippen LogP contribution in [0.3, 0.4) is 0 Å². The molecule has 4 rings (SSSR count). The van der Waals surface area contributed by atoms with Crippen LogP contribution in [0.1, 0.15) is 42.0 Å². The molecular weight excluding hydrogens is 374 g/mol. The molecule has 0 bridgehead atoms. The number of hydrogen-bond donors (Lipinski definition) is 1. The molecule has 1 N–H and O–H groups in total. The normalized spacial score (nSPS) is 18.8. The Bertz CT molecular complexity index is 912. The standard InChI is InChI=1S/C21H23N3O3S/c1-3-11-27-17-12-14(7-8-16(17)26-2)15-13-18(25)22-20-19(15)28-21(23-20)24-9-5-4-6-10-24/h1,7-8,12,15H,4-6,9-11,13H2,2H3,(H,22,25)/t15-/m0/s1. The number of ether oxygens (including phenoxy) is 2. The van der Waals surface area contributed by atoms with Crippen LogP contribution in [0.25, 0.3) is 0 Å². The summed E-state index contributed by atoms with van der Waals surface area (Å²) < 4.78 is 11.0. The zero-order valence-corrected chi connectivity index (χ0v) is 16.7. The maximum atomic E-state index is 12.3. The van der Waals surface area contributed by atoms with Crippen molar-refractivity contribution in [2.75, 3.05) is 37.0 Å². The number of carbonyl (C=O) groups excluding carboxylic acids is 1. The number of nitrogens with one attached hydrogen (secondary N) is 1. The first kappa shape index (κ1) is 18.6. The summed E-state index contributed by atoms with van der Waals surface area (Å²) in [5, 5.41) is 3.94. The van der Waals surface area contributed by atoms with E-state index in [1.165, 1.54) is 19.3 Å². The smallest absolute Gasteiger partial charge is 0.226 e.